The van der Waals surface area contributed by atoms with E-state index in [0.717, 1.165) is 24.3 Å². The van der Waals surface area contributed by atoms with Crippen molar-refractivity contribution in [3.8, 4) is 5.75 Å². The van der Waals surface area contributed by atoms with Crippen molar-refractivity contribution < 1.29 is 4.74 Å². The fourth-order valence-corrected chi connectivity index (χ4v) is 2.70. The van der Waals surface area contributed by atoms with Crippen LogP contribution in [0.3, 0.4) is 0 Å². The molecule has 90 valence electrons. The second-order valence-electron chi connectivity index (χ2n) is 3.80. The van der Waals surface area contributed by atoms with Crippen LogP contribution in [0.1, 0.15) is 23.1 Å². The summed E-state index contributed by atoms with van der Waals surface area (Å²) in [4.78, 5) is 5.59. The van der Waals surface area contributed by atoms with Crippen molar-refractivity contribution in [2.45, 2.75) is 19.8 Å². The van der Waals surface area contributed by atoms with E-state index in [1.54, 1.807) is 18.4 Å². The molecule has 0 amide bonds. The van der Waals surface area contributed by atoms with E-state index in [2.05, 4.69) is 24.0 Å². The number of nitrogens with zero attached hydrogens (tertiary/aromatic N) is 1. The van der Waals surface area contributed by atoms with E-state index in [9.17, 15) is 0 Å². The van der Waals surface area contributed by atoms with Crippen molar-refractivity contribution in [1.29, 1.82) is 0 Å². The number of ether oxygens (including phenoxy) is 1. The van der Waals surface area contributed by atoms with Gasteiger partial charge in [0.1, 0.15) is 5.75 Å². The van der Waals surface area contributed by atoms with Crippen LogP contribution in [0, 0.1) is 0 Å². The Bertz CT molecular complexity index is 491. The molecule has 0 atom stereocenters. The van der Waals surface area contributed by atoms with E-state index in [4.69, 9.17) is 10.5 Å². The molecule has 0 unspecified atom stereocenters. The van der Waals surface area contributed by atoms with Gasteiger partial charge in [0.15, 0.2) is 5.13 Å². The first-order chi connectivity index (χ1) is 8.22. The number of hydrogen-bond acceptors (Lipinski definition) is 4. The van der Waals surface area contributed by atoms with Crippen LogP contribution in [0.2, 0.25) is 0 Å². The molecule has 1 heterocycles. The van der Waals surface area contributed by atoms with Gasteiger partial charge < -0.3 is 10.5 Å². The normalized spacial score (nSPS) is 10.5. The van der Waals surface area contributed by atoms with E-state index < -0.39 is 0 Å². The number of rotatable bonds is 4. The van der Waals surface area contributed by atoms with Crippen LogP contribution in [0.15, 0.2) is 24.3 Å². The predicted molar refractivity (Wildman–Crippen MR) is 71.7 cm³/mol. The molecule has 17 heavy (non-hydrogen) atoms. The first-order valence-electron chi connectivity index (χ1n) is 5.60. The van der Waals surface area contributed by atoms with Crippen molar-refractivity contribution >= 4 is 16.5 Å². The number of thiazole rings is 1. The van der Waals surface area contributed by atoms with Crippen molar-refractivity contribution in [3.05, 3.63) is 40.4 Å². The molecule has 0 radical (unpaired) electrons. The number of hydrogen-bond donors (Lipinski definition) is 1. The smallest absolute Gasteiger partial charge is 0.180 e. The number of benzene rings is 1. The Kier molecular flexibility index (Phi) is 3.64. The zero-order chi connectivity index (χ0) is 12.3. The summed E-state index contributed by atoms with van der Waals surface area (Å²) >= 11 is 1.58. The SMILES string of the molecule is CCc1nc(N)sc1Cc1ccc(OC)cc1. The summed E-state index contributed by atoms with van der Waals surface area (Å²) in [7, 11) is 1.67. The van der Waals surface area contributed by atoms with E-state index in [1.807, 2.05) is 12.1 Å². The average Bonchev–Trinajstić information content (AvgIpc) is 2.70. The molecule has 0 aliphatic heterocycles. The molecule has 0 spiro atoms. The average molecular weight is 248 g/mol. The van der Waals surface area contributed by atoms with Crippen LogP contribution in [-0.2, 0) is 12.8 Å². The van der Waals surface area contributed by atoms with Crippen molar-refractivity contribution in [2.75, 3.05) is 12.8 Å². The van der Waals surface area contributed by atoms with Gasteiger partial charge in [-0.1, -0.05) is 19.1 Å². The molecule has 0 aliphatic carbocycles. The maximum Gasteiger partial charge on any atom is 0.180 e. The number of anilines is 1. The molecule has 0 saturated heterocycles. The summed E-state index contributed by atoms with van der Waals surface area (Å²) in [6, 6.07) is 8.11. The summed E-state index contributed by atoms with van der Waals surface area (Å²) in [5.41, 5.74) is 8.11. The molecule has 0 aliphatic rings. The Labute approximate surface area is 105 Å². The zero-order valence-electron chi connectivity index (χ0n) is 10.1. The quantitative estimate of drug-likeness (QED) is 0.905. The third-order valence-electron chi connectivity index (χ3n) is 2.65. The van der Waals surface area contributed by atoms with Crippen LogP contribution in [0.25, 0.3) is 0 Å². The lowest BCUT2D eigenvalue weighted by Gasteiger charge is -2.03. The molecule has 4 heteroatoms. The van der Waals surface area contributed by atoms with Gasteiger partial charge in [0.2, 0.25) is 0 Å². The molecule has 1 aromatic carbocycles. The maximum atomic E-state index is 5.74. The van der Waals surface area contributed by atoms with Gasteiger partial charge in [0.05, 0.1) is 12.8 Å². The maximum absolute atomic E-state index is 5.74. The number of methoxy groups -OCH3 is 1. The second-order valence-corrected chi connectivity index (χ2v) is 4.92. The van der Waals surface area contributed by atoms with Crippen LogP contribution in [0.4, 0.5) is 5.13 Å². The Morgan fingerprint density at radius 2 is 2.00 bits per heavy atom. The zero-order valence-corrected chi connectivity index (χ0v) is 10.9. The lowest BCUT2D eigenvalue weighted by atomic mass is 10.1. The molecule has 2 rings (SSSR count). The number of aromatic nitrogens is 1. The molecule has 0 fully saturated rings. The fraction of sp³-hybridized carbons (Fsp3) is 0.308. The largest absolute Gasteiger partial charge is 0.497 e. The molecule has 2 N–H and O–H groups in total. The highest BCUT2D eigenvalue weighted by atomic mass is 32.1. The van der Waals surface area contributed by atoms with Crippen LogP contribution < -0.4 is 10.5 Å². The minimum absolute atomic E-state index is 0.658. The Morgan fingerprint density at radius 3 is 2.59 bits per heavy atom. The Morgan fingerprint density at radius 1 is 1.29 bits per heavy atom. The van der Waals surface area contributed by atoms with Gasteiger partial charge in [-0.25, -0.2) is 4.98 Å². The lowest BCUT2D eigenvalue weighted by molar-refractivity contribution is 0.414. The molecule has 1 aromatic heterocycles. The fourth-order valence-electron chi connectivity index (χ4n) is 1.75. The lowest BCUT2D eigenvalue weighted by Crippen LogP contribution is -1.91. The number of nitrogen functional groups attached to an aromatic ring is 1. The third-order valence-corrected chi connectivity index (χ3v) is 3.58. The van der Waals surface area contributed by atoms with Crippen molar-refractivity contribution in [3.63, 3.8) is 0 Å². The van der Waals surface area contributed by atoms with Gasteiger partial charge in [0.25, 0.3) is 0 Å². The summed E-state index contributed by atoms with van der Waals surface area (Å²) in [6.07, 6.45) is 1.82. The van der Waals surface area contributed by atoms with E-state index >= 15 is 0 Å². The van der Waals surface area contributed by atoms with Crippen LogP contribution in [-0.4, -0.2) is 12.1 Å². The van der Waals surface area contributed by atoms with Crippen LogP contribution in [0.5, 0.6) is 5.75 Å². The molecular formula is C13H16N2OS. The molecule has 0 bridgehead atoms. The van der Waals surface area contributed by atoms with Crippen LogP contribution >= 0.6 is 11.3 Å². The predicted octanol–water partition coefficient (Wildman–Crippen LogP) is 2.89. The topological polar surface area (TPSA) is 48.1 Å². The van der Waals surface area contributed by atoms with Crippen molar-refractivity contribution in [1.82, 2.24) is 4.98 Å². The highest BCUT2D eigenvalue weighted by Gasteiger charge is 2.08. The Hall–Kier alpha value is -1.55. The van der Waals surface area contributed by atoms with Gasteiger partial charge in [-0.05, 0) is 24.1 Å². The van der Waals surface area contributed by atoms with Gasteiger partial charge in [0, 0.05) is 11.3 Å². The summed E-state index contributed by atoms with van der Waals surface area (Å²) in [6.45, 7) is 2.10. The minimum atomic E-state index is 0.658. The first kappa shape index (κ1) is 11.9. The highest BCUT2D eigenvalue weighted by molar-refractivity contribution is 7.15. The van der Waals surface area contributed by atoms with Crippen molar-refractivity contribution in [2.24, 2.45) is 0 Å². The van der Waals surface area contributed by atoms with Gasteiger partial charge >= 0.3 is 0 Å². The summed E-state index contributed by atoms with van der Waals surface area (Å²) in [5.74, 6) is 0.883. The van der Waals surface area contributed by atoms with E-state index in [0.29, 0.717) is 5.13 Å². The molecular weight excluding hydrogens is 232 g/mol. The van der Waals surface area contributed by atoms with Gasteiger partial charge in [-0.2, -0.15) is 0 Å². The van der Waals surface area contributed by atoms with E-state index in [1.165, 1.54) is 10.4 Å². The molecule has 2 aromatic rings. The number of aryl methyl sites for hydroxylation is 1. The minimum Gasteiger partial charge on any atom is -0.497 e. The summed E-state index contributed by atoms with van der Waals surface area (Å²) in [5, 5.41) is 0.658. The highest BCUT2D eigenvalue weighted by Crippen LogP contribution is 2.24. The Balaban J connectivity index is 2.18. The molecule has 3 nitrogen and oxygen atoms in total. The number of nitrogens with two attached hydrogens (primary N) is 1. The monoisotopic (exact) mass is 248 g/mol. The molecule has 0 saturated carbocycles. The van der Waals surface area contributed by atoms with Gasteiger partial charge in [-0.15, -0.1) is 11.3 Å². The second kappa shape index (κ2) is 5.19. The third kappa shape index (κ3) is 2.77. The van der Waals surface area contributed by atoms with Gasteiger partial charge in [-0.3, -0.25) is 0 Å². The standard InChI is InChI=1S/C13H16N2OS/c1-3-11-12(17-13(14)15-11)8-9-4-6-10(16-2)7-5-9/h4-7H,3,8H2,1-2H3,(H2,14,15). The summed E-state index contributed by atoms with van der Waals surface area (Å²) < 4.78 is 5.14. The first-order valence-corrected chi connectivity index (χ1v) is 6.41. The van der Waals surface area contributed by atoms with E-state index in [-0.39, 0.29) is 0 Å².